The molecule has 1 fully saturated rings. The zero-order chi connectivity index (χ0) is 13.0. The Bertz CT molecular complexity index is 361. The van der Waals surface area contributed by atoms with Gasteiger partial charge in [-0.3, -0.25) is 4.90 Å². The normalized spacial score (nSPS) is 21.2. The Hall–Kier alpha value is -1.09. The SMILES string of the molecule is COc1ccc([C@H]2CCCCN2CC(C)C)cn1. The van der Waals surface area contributed by atoms with Gasteiger partial charge in [-0.15, -0.1) is 0 Å². The third kappa shape index (κ3) is 3.22. The summed E-state index contributed by atoms with van der Waals surface area (Å²) >= 11 is 0. The van der Waals surface area contributed by atoms with Crippen molar-refractivity contribution in [2.75, 3.05) is 20.2 Å². The van der Waals surface area contributed by atoms with Crippen molar-refractivity contribution in [2.45, 2.75) is 39.2 Å². The topological polar surface area (TPSA) is 25.4 Å². The molecule has 0 aromatic carbocycles. The summed E-state index contributed by atoms with van der Waals surface area (Å²) in [5.74, 6) is 1.42. The van der Waals surface area contributed by atoms with Crippen LogP contribution in [0, 0.1) is 5.92 Å². The Balaban J connectivity index is 2.11. The first kappa shape index (κ1) is 13.3. The highest BCUT2D eigenvalue weighted by Gasteiger charge is 2.24. The Morgan fingerprint density at radius 1 is 1.39 bits per heavy atom. The molecule has 1 aliphatic rings. The molecule has 2 rings (SSSR count). The molecule has 3 heteroatoms. The first-order chi connectivity index (χ1) is 8.70. The van der Waals surface area contributed by atoms with E-state index in [0.29, 0.717) is 11.9 Å². The maximum absolute atomic E-state index is 5.12. The van der Waals surface area contributed by atoms with Crippen LogP contribution in [0.4, 0.5) is 0 Å². The van der Waals surface area contributed by atoms with Crippen molar-refractivity contribution >= 4 is 0 Å². The third-order valence-electron chi connectivity index (χ3n) is 3.57. The van der Waals surface area contributed by atoms with Crippen LogP contribution in [-0.2, 0) is 0 Å². The van der Waals surface area contributed by atoms with Crippen molar-refractivity contribution in [1.82, 2.24) is 9.88 Å². The maximum Gasteiger partial charge on any atom is 0.212 e. The van der Waals surface area contributed by atoms with Gasteiger partial charge in [0, 0.05) is 24.8 Å². The predicted octanol–water partition coefficient (Wildman–Crippen LogP) is 3.27. The summed E-state index contributed by atoms with van der Waals surface area (Å²) in [6, 6.07) is 4.67. The van der Waals surface area contributed by atoms with Gasteiger partial charge in [0.1, 0.15) is 0 Å². The van der Waals surface area contributed by atoms with Crippen molar-refractivity contribution in [2.24, 2.45) is 5.92 Å². The summed E-state index contributed by atoms with van der Waals surface area (Å²) in [5, 5.41) is 0. The van der Waals surface area contributed by atoms with Crippen LogP contribution < -0.4 is 4.74 Å². The van der Waals surface area contributed by atoms with E-state index in [0.717, 1.165) is 5.92 Å². The molecule has 0 aliphatic carbocycles. The molecular formula is C15H24N2O. The minimum absolute atomic E-state index is 0.541. The number of likely N-dealkylation sites (tertiary alicyclic amines) is 1. The number of rotatable bonds is 4. The molecule has 1 atom stereocenters. The molecule has 1 saturated heterocycles. The first-order valence-corrected chi connectivity index (χ1v) is 6.94. The van der Waals surface area contributed by atoms with Gasteiger partial charge in [-0.05, 0) is 30.9 Å². The van der Waals surface area contributed by atoms with Gasteiger partial charge in [-0.1, -0.05) is 26.3 Å². The van der Waals surface area contributed by atoms with E-state index in [1.165, 1.54) is 37.9 Å². The Morgan fingerprint density at radius 3 is 2.83 bits per heavy atom. The summed E-state index contributed by atoms with van der Waals surface area (Å²) in [6.45, 7) is 6.97. The predicted molar refractivity (Wildman–Crippen MR) is 73.8 cm³/mol. The van der Waals surface area contributed by atoms with Gasteiger partial charge in [0.15, 0.2) is 0 Å². The second kappa shape index (κ2) is 6.19. The largest absolute Gasteiger partial charge is 0.481 e. The van der Waals surface area contributed by atoms with Crippen LogP contribution in [0.5, 0.6) is 5.88 Å². The van der Waals surface area contributed by atoms with E-state index in [-0.39, 0.29) is 0 Å². The number of nitrogens with zero attached hydrogens (tertiary/aromatic N) is 2. The van der Waals surface area contributed by atoms with Crippen LogP contribution in [0.1, 0.15) is 44.7 Å². The minimum Gasteiger partial charge on any atom is -0.481 e. The van der Waals surface area contributed by atoms with E-state index in [9.17, 15) is 0 Å². The van der Waals surface area contributed by atoms with E-state index in [4.69, 9.17) is 4.74 Å². The summed E-state index contributed by atoms with van der Waals surface area (Å²) in [7, 11) is 1.66. The van der Waals surface area contributed by atoms with Gasteiger partial charge >= 0.3 is 0 Å². The highest BCUT2D eigenvalue weighted by atomic mass is 16.5. The molecule has 18 heavy (non-hydrogen) atoms. The molecule has 0 N–H and O–H groups in total. The molecule has 0 amide bonds. The van der Waals surface area contributed by atoms with E-state index < -0.39 is 0 Å². The number of hydrogen-bond donors (Lipinski definition) is 0. The number of methoxy groups -OCH3 is 1. The molecule has 3 nitrogen and oxygen atoms in total. The van der Waals surface area contributed by atoms with Crippen LogP contribution in [0.25, 0.3) is 0 Å². The van der Waals surface area contributed by atoms with Crippen LogP contribution in [0.15, 0.2) is 18.3 Å². The third-order valence-corrected chi connectivity index (χ3v) is 3.57. The number of piperidine rings is 1. The minimum atomic E-state index is 0.541. The highest BCUT2D eigenvalue weighted by Crippen LogP contribution is 2.31. The summed E-state index contributed by atoms with van der Waals surface area (Å²) in [4.78, 5) is 6.95. The monoisotopic (exact) mass is 248 g/mol. The van der Waals surface area contributed by atoms with E-state index in [2.05, 4.69) is 29.8 Å². The average molecular weight is 248 g/mol. The second-order valence-electron chi connectivity index (χ2n) is 5.53. The van der Waals surface area contributed by atoms with Crippen molar-refractivity contribution in [3.05, 3.63) is 23.9 Å². The number of hydrogen-bond acceptors (Lipinski definition) is 3. The smallest absolute Gasteiger partial charge is 0.212 e. The van der Waals surface area contributed by atoms with Crippen LogP contribution >= 0.6 is 0 Å². The fourth-order valence-corrected chi connectivity index (χ4v) is 2.77. The Labute approximate surface area is 110 Å². The van der Waals surface area contributed by atoms with Crippen molar-refractivity contribution in [1.29, 1.82) is 0 Å². The molecule has 1 aliphatic heterocycles. The lowest BCUT2D eigenvalue weighted by molar-refractivity contribution is 0.132. The molecule has 0 radical (unpaired) electrons. The maximum atomic E-state index is 5.12. The molecule has 0 saturated carbocycles. The number of ether oxygens (including phenoxy) is 1. The fourth-order valence-electron chi connectivity index (χ4n) is 2.77. The van der Waals surface area contributed by atoms with Crippen molar-refractivity contribution in [3.63, 3.8) is 0 Å². The summed E-state index contributed by atoms with van der Waals surface area (Å²) in [5.41, 5.74) is 1.33. The van der Waals surface area contributed by atoms with E-state index in [1.54, 1.807) is 7.11 Å². The quantitative estimate of drug-likeness (QED) is 0.817. The standard InChI is InChI=1S/C15H24N2O/c1-12(2)11-17-9-5-4-6-14(17)13-7-8-15(18-3)16-10-13/h7-8,10,12,14H,4-6,9,11H2,1-3H3/t14-/m1/s1. The van der Waals surface area contributed by atoms with Gasteiger partial charge < -0.3 is 4.74 Å². The number of aromatic nitrogens is 1. The lowest BCUT2D eigenvalue weighted by Crippen LogP contribution is -2.36. The van der Waals surface area contributed by atoms with Gasteiger partial charge in [0.25, 0.3) is 0 Å². The number of pyridine rings is 1. The molecule has 100 valence electrons. The highest BCUT2D eigenvalue weighted by molar-refractivity contribution is 5.21. The zero-order valence-corrected chi connectivity index (χ0v) is 11.7. The lowest BCUT2D eigenvalue weighted by atomic mass is 9.95. The molecule has 0 unspecified atom stereocenters. The zero-order valence-electron chi connectivity index (χ0n) is 11.7. The van der Waals surface area contributed by atoms with Gasteiger partial charge in [-0.25, -0.2) is 4.98 Å². The lowest BCUT2D eigenvalue weighted by Gasteiger charge is -2.37. The van der Waals surface area contributed by atoms with Crippen molar-refractivity contribution in [3.8, 4) is 5.88 Å². The van der Waals surface area contributed by atoms with Gasteiger partial charge in [-0.2, -0.15) is 0 Å². The van der Waals surface area contributed by atoms with Crippen LogP contribution in [0.3, 0.4) is 0 Å². The second-order valence-corrected chi connectivity index (χ2v) is 5.53. The molecule has 2 heterocycles. The molecule has 1 aromatic heterocycles. The molecular weight excluding hydrogens is 224 g/mol. The van der Waals surface area contributed by atoms with Gasteiger partial charge in [0.2, 0.25) is 5.88 Å². The Kier molecular flexibility index (Phi) is 4.59. The van der Waals surface area contributed by atoms with Crippen molar-refractivity contribution < 1.29 is 4.74 Å². The van der Waals surface area contributed by atoms with Crippen LogP contribution in [-0.4, -0.2) is 30.1 Å². The molecule has 1 aromatic rings. The summed E-state index contributed by atoms with van der Waals surface area (Å²) < 4.78 is 5.12. The fraction of sp³-hybridized carbons (Fsp3) is 0.667. The molecule has 0 spiro atoms. The Morgan fingerprint density at radius 2 is 2.22 bits per heavy atom. The van der Waals surface area contributed by atoms with Gasteiger partial charge in [0.05, 0.1) is 7.11 Å². The van der Waals surface area contributed by atoms with E-state index >= 15 is 0 Å². The first-order valence-electron chi connectivity index (χ1n) is 6.94. The molecule has 0 bridgehead atoms. The summed E-state index contributed by atoms with van der Waals surface area (Å²) in [6.07, 6.45) is 5.88. The average Bonchev–Trinajstić information content (AvgIpc) is 2.39. The van der Waals surface area contributed by atoms with Crippen LogP contribution in [0.2, 0.25) is 0 Å². The van der Waals surface area contributed by atoms with E-state index in [1.807, 2.05) is 12.3 Å².